The largest absolute Gasteiger partial charge is 0.335 e. The van der Waals surface area contributed by atoms with Crippen molar-refractivity contribution in [2.45, 2.75) is 31.7 Å². The van der Waals surface area contributed by atoms with E-state index in [1.165, 1.54) is 0 Å². The molecule has 2 aliphatic rings. The van der Waals surface area contributed by atoms with Crippen molar-refractivity contribution in [2.24, 2.45) is 5.92 Å². The Hall–Kier alpha value is -2.11. The molecule has 2 fully saturated rings. The van der Waals surface area contributed by atoms with Crippen LogP contribution in [0.4, 0.5) is 4.79 Å². The van der Waals surface area contributed by atoms with Crippen LogP contribution < -0.4 is 0 Å². The second-order valence-electron chi connectivity index (χ2n) is 6.91. The summed E-state index contributed by atoms with van der Waals surface area (Å²) in [6.07, 6.45) is 7.21. The van der Waals surface area contributed by atoms with Gasteiger partial charge in [-0.1, -0.05) is 6.07 Å². The molecule has 0 N–H and O–H groups in total. The first kappa shape index (κ1) is 16.7. The van der Waals surface area contributed by atoms with E-state index >= 15 is 0 Å². The van der Waals surface area contributed by atoms with Gasteiger partial charge in [0.2, 0.25) is 5.91 Å². The van der Waals surface area contributed by atoms with Crippen LogP contribution >= 0.6 is 0 Å². The predicted molar refractivity (Wildman–Crippen MR) is 91.3 cm³/mol. The summed E-state index contributed by atoms with van der Waals surface area (Å²) in [7, 11) is 3.53. The minimum Gasteiger partial charge on any atom is -0.335 e. The van der Waals surface area contributed by atoms with E-state index in [1.54, 1.807) is 25.2 Å². The van der Waals surface area contributed by atoms with E-state index in [0.29, 0.717) is 13.1 Å². The van der Waals surface area contributed by atoms with Crippen molar-refractivity contribution in [1.82, 2.24) is 19.7 Å². The minimum absolute atomic E-state index is 0.0356. The van der Waals surface area contributed by atoms with E-state index < -0.39 is 0 Å². The van der Waals surface area contributed by atoms with Gasteiger partial charge in [-0.25, -0.2) is 4.79 Å². The van der Waals surface area contributed by atoms with Crippen molar-refractivity contribution < 1.29 is 9.59 Å². The Morgan fingerprint density at radius 3 is 2.54 bits per heavy atom. The highest BCUT2D eigenvalue weighted by atomic mass is 16.2. The lowest BCUT2D eigenvalue weighted by molar-refractivity contribution is -0.137. The van der Waals surface area contributed by atoms with Crippen molar-refractivity contribution in [3.05, 3.63) is 30.1 Å². The van der Waals surface area contributed by atoms with Crippen molar-refractivity contribution in [1.29, 1.82) is 0 Å². The van der Waals surface area contributed by atoms with Gasteiger partial charge >= 0.3 is 6.03 Å². The maximum atomic E-state index is 13.0. The van der Waals surface area contributed by atoms with Crippen LogP contribution in [0.1, 0.15) is 37.3 Å². The maximum Gasteiger partial charge on any atom is 0.319 e. The number of carbonyl (C=O) groups is 2. The van der Waals surface area contributed by atoms with Crippen LogP contribution in [0.3, 0.4) is 0 Å². The van der Waals surface area contributed by atoms with Gasteiger partial charge in [0.1, 0.15) is 0 Å². The van der Waals surface area contributed by atoms with Gasteiger partial charge in [0.15, 0.2) is 0 Å². The number of aromatic nitrogens is 1. The van der Waals surface area contributed by atoms with Crippen LogP contribution in [-0.4, -0.2) is 65.4 Å². The highest BCUT2D eigenvalue weighted by Gasteiger charge is 2.36. The van der Waals surface area contributed by atoms with Crippen LogP contribution in [-0.2, 0) is 4.79 Å². The fourth-order valence-corrected chi connectivity index (χ4v) is 3.79. The highest BCUT2D eigenvalue weighted by Crippen LogP contribution is 2.34. The molecule has 0 bridgehead atoms. The van der Waals surface area contributed by atoms with Gasteiger partial charge in [0, 0.05) is 52.0 Å². The maximum absolute atomic E-state index is 13.0. The zero-order valence-corrected chi connectivity index (χ0v) is 14.5. The van der Waals surface area contributed by atoms with Gasteiger partial charge in [-0.2, -0.15) is 0 Å². The lowest BCUT2D eigenvalue weighted by Gasteiger charge is -2.35. The summed E-state index contributed by atoms with van der Waals surface area (Å²) >= 11 is 0. The number of amides is 3. The average Bonchev–Trinajstić information content (AvgIpc) is 3.11. The Morgan fingerprint density at radius 2 is 1.92 bits per heavy atom. The molecule has 1 atom stereocenters. The second-order valence-corrected chi connectivity index (χ2v) is 6.91. The van der Waals surface area contributed by atoms with Crippen LogP contribution in [0.15, 0.2) is 24.5 Å². The first-order chi connectivity index (χ1) is 11.6. The van der Waals surface area contributed by atoms with E-state index in [9.17, 15) is 9.59 Å². The van der Waals surface area contributed by atoms with E-state index in [0.717, 1.165) is 37.8 Å². The molecule has 1 aromatic heterocycles. The molecule has 0 aliphatic carbocycles. The summed E-state index contributed by atoms with van der Waals surface area (Å²) in [6, 6.07) is 4.19. The number of likely N-dealkylation sites (tertiary alicyclic amines) is 2. The van der Waals surface area contributed by atoms with Gasteiger partial charge < -0.3 is 14.7 Å². The highest BCUT2D eigenvalue weighted by molar-refractivity contribution is 5.80. The first-order valence-electron chi connectivity index (χ1n) is 8.74. The number of hydrogen-bond donors (Lipinski definition) is 0. The Morgan fingerprint density at radius 1 is 1.17 bits per heavy atom. The molecule has 6 nitrogen and oxygen atoms in total. The molecule has 3 amide bonds. The standard InChI is InChI=1S/C18H26N4O2/c1-20(2)18(24)21-11-7-14(8-12-21)17(23)22-10-4-6-16(22)15-5-3-9-19-13-15/h3,5,9,13-14,16H,4,6-8,10-12H2,1-2H3. The molecule has 0 spiro atoms. The fourth-order valence-electron chi connectivity index (χ4n) is 3.79. The number of carbonyl (C=O) groups excluding carboxylic acids is 2. The van der Waals surface area contributed by atoms with E-state index in [-0.39, 0.29) is 23.9 Å². The lowest BCUT2D eigenvalue weighted by atomic mass is 9.94. The molecule has 0 radical (unpaired) electrons. The van der Waals surface area contributed by atoms with Gasteiger partial charge in [-0.05, 0) is 37.3 Å². The van der Waals surface area contributed by atoms with Gasteiger partial charge in [0.25, 0.3) is 0 Å². The van der Waals surface area contributed by atoms with E-state index in [1.807, 2.05) is 22.1 Å². The average molecular weight is 330 g/mol. The summed E-state index contributed by atoms with van der Waals surface area (Å²) in [6.45, 7) is 2.16. The Bertz CT molecular complexity index is 582. The molecular formula is C18H26N4O2. The number of hydrogen-bond acceptors (Lipinski definition) is 3. The number of urea groups is 1. The third-order valence-electron chi connectivity index (χ3n) is 5.10. The normalized spacial score (nSPS) is 21.8. The molecule has 6 heteroatoms. The second kappa shape index (κ2) is 7.20. The third kappa shape index (κ3) is 3.37. The summed E-state index contributed by atoms with van der Waals surface area (Å²) < 4.78 is 0. The molecule has 3 rings (SSSR count). The van der Waals surface area contributed by atoms with E-state index in [2.05, 4.69) is 11.1 Å². The minimum atomic E-state index is 0.0356. The third-order valence-corrected chi connectivity index (χ3v) is 5.10. The first-order valence-corrected chi connectivity index (χ1v) is 8.74. The molecule has 1 unspecified atom stereocenters. The number of pyridine rings is 1. The van der Waals surface area contributed by atoms with Gasteiger partial charge in [-0.15, -0.1) is 0 Å². The molecule has 1 aromatic rings. The molecule has 130 valence electrons. The molecule has 2 saturated heterocycles. The zero-order chi connectivity index (χ0) is 17.1. The molecule has 2 aliphatic heterocycles. The monoisotopic (exact) mass is 330 g/mol. The number of nitrogens with zero attached hydrogens (tertiary/aromatic N) is 4. The lowest BCUT2D eigenvalue weighted by Crippen LogP contribution is -2.47. The number of rotatable bonds is 2. The Labute approximate surface area is 143 Å². The zero-order valence-electron chi connectivity index (χ0n) is 14.5. The smallest absolute Gasteiger partial charge is 0.319 e. The summed E-state index contributed by atoms with van der Waals surface area (Å²) in [4.78, 5) is 34.7. The Balaban J connectivity index is 1.62. The van der Waals surface area contributed by atoms with Crippen molar-refractivity contribution in [2.75, 3.05) is 33.7 Å². The SMILES string of the molecule is CN(C)C(=O)N1CCC(C(=O)N2CCCC2c2cccnc2)CC1. The summed E-state index contributed by atoms with van der Waals surface area (Å²) in [5.41, 5.74) is 1.13. The fraction of sp³-hybridized carbons (Fsp3) is 0.611. The van der Waals surface area contributed by atoms with Crippen LogP contribution in [0.5, 0.6) is 0 Å². The topological polar surface area (TPSA) is 56.8 Å². The van der Waals surface area contributed by atoms with Gasteiger partial charge in [0.05, 0.1) is 6.04 Å². The van der Waals surface area contributed by atoms with Crippen molar-refractivity contribution in [3.63, 3.8) is 0 Å². The molecule has 3 heterocycles. The Kier molecular flexibility index (Phi) is 5.02. The quantitative estimate of drug-likeness (QED) is 0.835. The van der Waals surface area contributed by atoms with Crippen molar-refractivity contribution in [3.8, 4) is 0 Å². The number of piperidine rings is 1. The van der Waals surface area contributed by atoms with Crippen LogP contribution in [0.2, 0.25) is 0 Å². The molecule has 24 heavy (non-hydrogen) atoms. The van der Waals surface area contributed by atoms with E-state index in [4.69, 9.17) is 0 Å². The molecular weight excluding hydrogens is 304 g/mol. The summed E-state index contributed by atoms with van der Waals surface area (Å²) in [5.74, 6) is 0.284. The predicted octanol–water partition coefficient (Wildman–Crippen LogP) is 2.14. The van der Waals surface area contributed by atoms with Crippen LogP contribution in [0, 0.1) is 5.92 Å². The van der Waals surface area contributed by atoms with Gasteiger partial charge in [-0.3, -0.25) is 9.78 Å². The van der Waals surface area contributed by atoms with Crippen LogP contribution in [0.25, 0.3) is 0 Å². The summed E-state index contributed by atoms with van der Waals surface area (Å²) in [5, 5.41) is 0. The van der Waals surface area contributed by atoms with Crippen molar-refractivity contribution >= 4 is 11.9 Å². The molecule has 0 aromatic carbocycles. The molecule has 0 saturated carbocycles.